The molecule has 0 spiro atoms. The summed E-state index contributed by atoms with van der Waals surface area (Å²) in [5.74, 6) is 0.186. The predicted molar refractivity (Wildman–Crippen MR) is 53.1 cm³/mol. The number of carbonyl (C=O) groups excluding carboxylic acids is 1. The topological polar surface area (TPSA) is 30.0 Å². The molecular formula is C11H13NO. The normalized spacial score (nSPS) is 11.0. The molecule has 0 amide bonds. The molecule has 0 fully saturated rings. The van der Waals surface area contributed by atoms with E-state index in [1.165, 1.54) is 0 Å². The monoisotopic (exact) mass is 175 g/mol. The molecule has 0 unspecified atom stereocenters. The second-order valence-electron chi connectivity index (χ2n) is 3.15. The summed E-state index contributed by atoms with van der Waals surface area (Å²) in [6.45, 7) is 3.76. The van der Waals surface area contributed by atoms with Crippen molar-refractivity contribution in [3.05, 3.63) is 36.2 Å². The van der Waals surface area contributed by atoms with Crippen LogP contribution in [0.25, 0.3) is 6.08 Å². The van der Waals surface area contributed by atoms with Gasteiger partial charge in [-0.1, -0.05) is 19.9 Å². The summed E-state index contributed by atoms with van der Waals surface area (Å²) in [4.78, 5) is 15.3. The van der Waals surface area contributed by atoms with Gasteiger partial charge in [-0.05, 0) is 24.3 Å². The van der Waals surface area contributed by atoms with E-state index in [0.29, 0.717) is 0 Å². The Balaban J connectivity index is 2.64. The molecule has 13 heavy (non-hydrogen) atoms. The number of hydrogen-bond acceptors (Lipinski definition) is 2. The molecule has 0 saturated carbocycles. The standard InChI is InChI=1S/C11H13NO/c1-9(2)11(13)7-6-10-5-3-4-8-12-10/h3-9H,1-2H3. The summed E-state index contributed by atoms with van der Waals surface area (Å²) >= 11 is 0. The van der Waals surface area contributed by atoms with Gasteiger partial charge in [0.25, 0.3) is 0 Å². The van der Waals surface area contributed by atoms with Crippen molar-refractivity contribution >= 4 is 11.9 Å². The number of nitrogens with zero attached hydrogens (tertiary/aromatic N) is 1. The zero-order chi connectivity index (χ0) is 9.68. The molecule has 1 aromatic rings. The number of hydrogen-bond donors (Lipinski definition) is 0. The van der Waals surface area contributed by atoms with Crippen LogP contribution in [0, 0.1) is 5.92 Å². The molecule has 1 rings (SSSR count). The van der Waals surface area contributed by atoms with Crippen LogP contribution in [-0.4, -0.2) is 10.8 Å². The van der Waals surface area contributed by atoms with E-state index >= 15 is 0 Å². The molecule has 0 bridgehead atoms. The number of pyridine rings is 1. The zero-order valence-electron chi connectivity index (χ0n) is 7.90. The molecule has 0 saturated heterocycles. The van der Waals surface area contributed by atoms with Gasteiger partial charge in [-0.25, -0.2) is 0 Å². The molecule has 2 heteroatoms. The van der Waals surface area contributed by atoms with E-state index in [9.17, 15) is 4.79 Å². The Hall–Kier alpha value is -1.44. The third kappa shape index (κ3) is 3.20. The van der Waals surface area contributed by atoms with Crippen LogP contribution >= 0.6 is 0 Å². The summed E-state index contributed by atoms with van der Waals surface area (Å²) in [6, 6.07) is 5.61. The van der Waals surface area contributed by atoms with Gasteiger partial charge < -0.3 is 0 Å². The van der Waals surface area contributed by atoms with Crippen molar-refractivity contribution in [1.82, 2.24) is 4.98 Å². The maximum absolute atomic E-state index is 11.2. The third-order valence-corrected chi connectivity index (χ3v) is 1.68. The van der Waals surface area contributed by atoms with E-state index in [1.807, 2.05) is 32.0 Å². The lowest BCUT2D eigenvalue weighted by molar-refractivity contribution is -0.117. The smallest absolute Gasteiger partial charge is 0.158 e. The van der Waals surface area contributed by atoms with Gasteiger partial charge in [0.1, 0.15) is 0 Å². The lowest BCUT2D eigenvalue weighted by atomic mass is 10.1. The first-order valence-corrected chi connectivity index (χ1v) is 4.33. The van der Waals surface area contributed by atoms with E-state index in [4.69, 9.17) is 0 Å². The van der Waals surface area contributed by atoms with Gasteiger partial charge in [-0.3, -0.25) is 9.78 Å². The fourth-order valence-electron chi connectivity index (χ4n) is 0.835. The first kappa shape index (κ1) is 9.65. The fourth-order valence-corrected chi connectivity index (χ4v) is 0.835. The summed E-state index contributed by atoms with van der Waals surface area (Å²) < 4.78 is 0. The molecular weight excluding hydrogens is 162 g/mol. The summed E-state index contributed by atoms with van der Waals surface area (Å²) in [5.41, 5.74) is 0.816. The van der Waals surface area contributed by atoms with Gasteiger partial charge in [0.05, 0.1) is 5.69 Å². The summed E-state index contributed by atoms with van der Waals surface area (Å²) in [5, 5.41) is 0. The quantitative estimate of drug-likeness (QED) is 0.660. The molecule has 0 atom stereocenters. The highest BCUT2D eigenvalue weighted by Gasteiger charge is 2.00. The second kappa shape index (κ2) is 4.55. The van der Waals surface area contributed by atoms with Crippen molar-refractivity contribution in [1.29, 1.82) is 0 Å². The second-order valence-corrected chi connectivity index (χ2v) is 3.15. The van der Waals surface area contributed by atoms with Gasteiger partial charge in [0.15, 0.2) is 5.78 Å². The van der Waals surface area contributed by atoms with Crippen LogP contribution in [0.2, 0.25) is 0 Å². The zero-order valence-corrected chi connectivity index (χ0v) is 7.90. The van der Waals surface area contributed by atoms with Crippen LogP contribution in [0.15, 0.2) is 30.5 Å². The molecule has 0 aromatic carbocycles. The Labute approximate surface area is 78.3 Å². The average Bonchev–Trinajstić information content (AvgIpc) is 2.15. The first-order valence-electron chi connectivity index (χ1n) is 4.33. The number of allylic oxidation sites excluding steroid dienone is 1. The highest BCUT2D eigenvalue weighted by molar-refractivity contribution is 5.94. The number of rotatable bonds is 3. The highest BCUT2D eigenvalue weighted by atomic mass is 16.1. The fraction of sp³-hybridized carbons (Fsp3) is 0.273. The SMILES string of the molecule is CC(C)C(=O)C=Cc1ccccn1. The molecule has 0 aliphatic heterocycles. The lowest BCUT2D eigenvalue weighted by Gasteiger charge is -1.96. The molecule has 1 heterocycles. The average molecular weight is 175 g/mol. The van der Waals surface area contributed by atoms with Crippen LogP contribution in [0.1, 0.15) is 19.5 Å². The number of aromatic nitrogens is 1. The molecule has 2 nitrogen and oxygen atoms in total. The van der Waals surface area contributed by atoms with Crippen molar-refractivity contribution in [2.24, 2.45) is 5.92 Å². The number of ketones is 1. The molecule has 0 aliphatic rings. The minimum Gasteiger partial charge on any atom is -0.295 e. The van der Waals surface area contributed by atoms with Crippen LogP contribution < -0.4 is 0 Å². The highest BCUT2D eigenvalue weighted by Crippen LogP contribution is 2.00. The third-order valence-electron chi connectivity index (χ3n) is 1.68. The van der Waals surface area contributed by atoms with Crippen molar-refractivity contribution in [3.8, 4) is 0 Å². The predicted octanol–water partition coefficient (Wildman–Crippen LogP) is 2.32. The van der Waals surface area contributed by atoms with E-state index in [-0.39, 0.29) is 11.7 Å². The van der Waals surface area contributed by atoms with Crippen molar-refractivity contribution < 1.29 is 4.79 Å². The van der Waals surface area contributed by atoms with E-state index in [2.05, 4.69) is 4.98 Å². The Bertz CT molecular complexity index is 301. The van der Waals surface area contributed by atoms with E-state index in [1.54, 1.807) is 18.3 Å². The minimum absolute atomic E-state index is 0.0555. The lowest BCUT2D eigenvalue weighted by Crippen LogP contribution is -2.01. The van der Waals surface area contributed by atoms with Gasteiger partial charge in [-0.2, -0.15) is 0 Å². The van der Waals surface area contributed by atoms with Gasteiger partial charge in [0, 0.05) is 12.1 Å². The number of carbonyl (C=O) groups is 1. The van der Waals surface area contributed by atoms with Gasteiger partial charge in [-0.15, -0.1) is 0 Å². The van der Waals surface area contributed by atoms with Crippen LogP contribution in [0.3, 0.4) is 0 Å². The van der Waals surface area contributed by atoms with Crippen molar-refractivity contribution in [2.75, 3.05) is 0 Å². The van der Waals surface area contributed by atoms with Crippen LogP contribution in [-0.2, 0) is 4.79 Å². The van der Waals surface area contributed by atoms with Crippen LogP contribution in [0.4, 0.5) is 0 Å². The Kier molecular flexibility index (Phi) is 3.38. The first-order chi connectivity index (χ1) is 6.20. The summed E-state index contributed by atoms with van der Waals surface area (Å²) in [6.07, 6.45) is 5.02. The van der Waals surface area contributed by atoms with E-state index in [0.717, 1.165) is 5.69 Å². The summed E-state index contributed by atoms with van der Waals surface area (Å²) in [7, 11) is 0. The van der Waals surface area contributed by atoms with Crippen LogP contribution in [0.5, 0.6) is 0 Å². The van der Waals surface area contributed by atoms with Crippen molar-refractivity contribution in [2.45, 2.75) is 13.8 Å². The minimum atomic E-state index is 0.0555. The molecule has 68 valence electrons. The molecule has 1 aromatic heterocycles. The Morgan fingerprint density at radius 1 is 1.46 bits per heavy atom. The Morgan fingerprint density at radius 2 is 2.23 bits per heavy atom. The van der Waals surface area contributed by atoms with Gasteiger partial charge >= 0.3 is 0 Å². The molecule has 0 N–H and O–H groups in total. The largest absolute Gasteiger partial charge is 0.295 e. The van der Waals surface area contributed by atoms with E-state index < -0.39 is 0 Å². The molecule has 0 aliphatic carbocycles. The Morgan fingerprint density at radius 3 is 2.77 bits per heavy atom. The van der Waals surface area contributed by atoms with Gasteiger partial charge in [0.2, 0.25) is 0 Å². The maximum Gasteiger partial charge on any atom is 0.158 e. The van der Waals surface area contributed by atoms with Crippen molar-refractivity contribution in [3.63, 3.8) is 0 Å². The molecule has 0 radical (unpaired) electrons. The maximum atomic E-state index is 11.2.